The van der Waals surface area contributed by atoms with Crippen molar-refractivity contribution in [2.24, 2.45) is 0 Å². The summed E-state index contributed by atoms with van der Waals surface area (Å²) in [5.41, 5.74) is 4.58. The van der Waals surface area contributed by atoms with Crippen molar-refractivity contribution in [3.63, 3.8) is 0 Å². The Morgan fingerprint density at radius 1 is 1.04 bits per heavy atom. The van der Waals surface area contributed by atoms with Crippen LogP contribution in [0.4, 0.5) is 5.82 Å². The number of hydrogen-bond donors (Lipinski definition) is 4. The molecule has 4 unspecified atom stereocenters. The van der Waals surface area contributed by atoms with Crippen molar-refractivity contribution >= 4 is 43.3 Å². The number of anilines is 1. The van der Waals surface area contributed by atoms with Gasteiger partial charge >= 0.3 is 5.69 Å². The number of aromatic nitrogens is 6. The summed E-state index contributed by atoms with van der Waals surface area (Å²) in [5, 5.41) is 22.0. The molecule has 0 radical (unpaired) electrons. The lowest BCUT2D eigenvalue weighted by Crippen LogP contribution is -2.40. The van der Waals surface area contributed by atoms with E-state index in [0.717, 1.165) is 23.9 Å². The zero-order chi connectivity index (χ0) is 32.7. The third kappa shape index (κ3) is 7.09. The van der Waals surface area contributed by atoms with Gasteiger partial charge in [-0.15, -0.1) is 0 Å². The molecule has 0 aromatic carbocycles. The van der Waals surface area contributed by atoms with Crippen molar-refractivity contribution in [3.8, 4) is 0 Å². The second-order valence-corrected chi connectivity index (χ2v) is 13.9. The summed E-state index contributed by atoms with van der Waals surface area (Å²) in [6, 6.07) is 0.962. The molecule has 2 aliphatic heterocycles. The number of aliphatic hydroxyl groups excluding tert-OH is 2. The van der Waals surface area contributed by atoms with Crippen LogP contribution in [0.5, 0.6) is 0 Å². The van der Waals surface area contributed by atoms with E-state index in [1.54, 1.807) is 0 Å². The average Bonchev–Trinajstić information content (AvgIpc) is 3.63. The van der Waals surface area contributed by atoms with Gasteiger partial charge in [0.05, 0.1) is 19.5 Å². The van der Waals surface area contributed by atoms with Crippen molar-refractivity contribution in [1.29, 1.82) is 0 Å². The summed E-state index contributed by atoms with van der Waals surface area (Å²) in [7, 11) is -2.84. The molecule has 0 saturated carbocycles. The topological polar surface area (TPSA) is 293 Å². The summed E-state index contributed by atoms with van der Waals surface area (Å²) < 4.78 is 51.0. The Morgan fingerprint density at radius 3 is 2.33 bits per heavy atom. The summed E-state index contributed by atoms with van der Waals surface area (Å²) >= 11 is 5.05. The van der Waals surface area contributed by atoms with Crippen LogP contribution in [0.3, 0.4) is 0 Å². The predicted octanol–water partition coefficient (Wildman–Crippen LogP) is -3.39. The highest BCUT2D eigenvalue weighted by atomic mass is 32.5. The van der Waals surface area contributed by atoms with E-state index in [2.05, 4.69) is 19.5 Å². The van der Waals surface area contributed by atoms with Crippen LogP contribution in [-0.2, 0) is 48.7 Å². The first-order valence-corrected chi connectivity index (χ1v) is 16.9. The second kappa shape index (κ2) is 13.3. The molecule has 248 valence electrons. The first kappa shape index (κ1) is 33.8. The molecular formula is C21H27N7O14P2S-2. The van der Waals surface area contributed by atoms with Gasteiger partial charge in [0, 0.05) is 26.5 Å². The average molecular weight is 695 g/mol. The van der Waals surface area contributed by atoms with Gasteiger partial charge in [0.15, 0.2) is 23.9 Å². The third-order valence-electron chi connectivity index (χ3n) is 6.86. The van der Waals surface area contributed by atoms with Gasteiger partial charge in [-0.1, -0.05) is 11.8 Å². The molecule has 0 spiro atoms. The molecule has 24 heteroatoms. The standard InChI is InChI=1S/C21H29N7O14P2S/c1-36-5-9-16(14(31)20(39-9)28-8-25-12-17(22)23-7-24-18(12)28)42-44(35,45)38-6-10-15(41-43(33,34)37-2)13(30)19(40-10)27-4-3-11(29)26-21(27)32/h3-4,7-10,13-16,19-20,30-31H,5-6H2,1-2H3,(H,33,34)(H,35,45)(H2,22,23,24)(H,26,29,32)/p-2/t9-,10-,13?,14?,15+,16+,19-,20-,44?/m1/s1. The Kier molecular flexibility index (Phi) is 9.99. The lowest BCUT2D eigenvalue weighted by Gasteiger charge is -2.34. The maximum atomic E-state index is 13.4. The molecule has 45 heavy (non-hydrogen) atoms. The number of nitrogens with zero attached hydrogens (tertiary/aromatic N) is 5. The van der Waals surface area contributed by atoms with E-state index in [4.69, 9.17) is 45.3 Å². The summed E-state index contributed by atoms with van der Waals surface area (Å²) in [5.74, 6) is 0.0870. The number of phosphoric ester groups is 1. The van der Waals surface area contributed by atoms with Gasteiger partial charge in [-0.2, -0.15) is 0 Å². The first-order valence-electron chi connectivity index (χ1n) is 12.8. The van der Waals surface area contributed by atoms with E-state index in [1.165, 1.54) is 24.3 Å². The van der Waals surface area contributed by atoms with Crippen molar-refractivity contribution in [1.82, 2.24) is 29.1 Å². The van der Waals surface area contributed by atoms with Crippen LogP contribution in [0.25, 0.3) is 11.2 Å². The Balaban J connectivity index is 1.34. The quantitative estimate of drug-likeness (QED) is 0.134. The monoisotopic (exact) mass is 695 g/mol. The molecule has 5 N–H and O–H groups in total. The largest absolute Gasteiger partial charge is 0.780 e. The lowest BCUT2D eigenvalue weighted by atomic mass is 10.1. The van der Waals surface area contributed by atoms with Crippen LogP contribution in [-0.4, -0.2) is 103 Å². The number of imidazole rings is 1. The zero-order valence-corrected chi connectivity index (χ0v) is 25.9. The molecule has 5 rings (SSSR count). The third-order valence-corrected chi connectivity index (χ3v) is 9.35. The smallest absolute Gasteiger partial charge is 0.330 e. The number of hydrogen-bond acceptors (Lipinski definition) is 19. The number of aliphatic hydroxyl groups is 2. The van der Waals surface area contributed by atoms with Crippen molar-refractivity contribution in [2.45, 2.75) is 49.1 Å². The highest BCUT2D eigenvalue weighted by Gasteiger charge is 2.49. The number of nitrogen functional groups attached to an aromatic ring is 1. The van der Waals surface area contributed by atoms with Gasteiger partial charge in [0.25, 0.3) is 13.4 Å². The minimum absolute atomic E-state index is 0.0870. The van der Waals surface area contributed by atoms with E-state index in [-0.39, 0.29) is 23.6 Å². The van der Waals surface area contributed by atoms with Crippen LogP contribution in [0.15, 0.2) is 34.5 Å². The minimum Gasteiger partial charge on any atom is -0.780 e. The van der Waals surface area contributed by atoms with Crippen molar-refractivity contribution in [3.05, 3.63) is 45.8 Å². The van der Waals surface area contributed by atoms with Crippen molar-refractivity contribution in [2.75, 3.05) is 33.2 Å². The Bertz CT molecular complexity index is 1740. The molecule has 5 heterocycles. The molecule has 21 nitrogen and oxygen atoms in total. The maximum Gasteiger partial charge on any atom is 0.330 e. The van der Waals surface area contributed by atoms with Gasteiger partial charge in [-0.25, -0.2) is 19.7 Å². The van der Waals surface area contributed by atoms with E-state index >= 15 is 0 Å². The number of rotatable bonds is 12. The second-order valence-electron chi connectivity index (χ2n) is 9.68. The van der Waals surface area contributed by atoms with E-state index in [9.17, 15) is 34.2 Å². The van der Waals surface area contributed by atoms with Crippen LogP contribution < -0.4 is 26.8 Å². The molecule has 2 fully saturated rings. The normalized spacial score (nSPS) is 31.2. The fourth-order valence-corrected chi connectivity index (χ4v) is 6.89. The summed E-state index contributed by atoms with van der Waals surface area (Å²) in [4.78, 5) is 63.3. The number of methoxy groups -OCH3 is 1. The Hall–Kier alpha value is -2.53. The number of nitrogens with two attached hydrogens (primary N) is 1. The van der Waals surface area contributed by atoms with Gasteiger partial charge in [0.1, 0.15) is 55.2 Å². The van der Waals surface area contributed by atoms with Gasteiger partial charge < -0.3 is 58.0 Å². The SMILES string of the molecule is COC[C@H]1O[C@@H](n2cnc3c(N)ncnc32)C(O)[C@H]1OP([O-])(=S)OC[C@H]1O[C@@H](n2ccc(=O)[nH]c2=O)C(O)[C@H]1OP(=O)([O-])OC. The molecule has 2 aliphatic rings. The molecule has 3 aromatic heterocycles. The predicted molar refractivity (Wildman–Crippen MR) is 147 cm³/mol. The number of aromatic amines is 1. The minimum atomic E-state index is -5.00. The van der Waals surface area contributed by atoms with Gasteiger partial charge in [-0.05, 0) is 0 Å². The number of ether oxygens (including phenoxy) is 3. The fraction of sp³-hybridized carbons (Fsp3) is 0.571. The van der Waals surface area contributed by atoms with Crippen LogP contribution >= 0.6 is 14.5 Å². The van der Waals surface area contributed by atoms with Gasteiger partial charge in [0.2, 0.25) is 0 Å². The van der Waals surface area contributed by atoms with Crippen LogP contribution in [0.2, 0.25) is 0 Å². The maximum absolute atomic E-state index is 13.4. The van der Waals surface area contributed by atoms with Crippen LogP contribution in [0, 0.1) is 0 Å². The number of fused-ring (bicyclic) bond motifs is 1. The highest BCUT2D eigenvalue weighted by molar-refractivity contribution is 8.06. The zero-order valence-electron chi connectivity index (χ0n) is 23.3. The van der Waals surface area contributed by atoms with Crippen molar-refractivity contribution < 1.29 is 56.9 Å². The van der Waals surface area contributed by atoms with E-state index in [1.807, 2.05) is 4.98 Å². The molecule has 0 aliphatic carbocycles. The highest BCUT2D eigenvalue weighted by Crippen LogP contribution is 2.48. The molecule has 0 amide bonds. The lowest BCUT2D eigenvalue weighted by molar-refractivity contribution is -0.232. The van der Waals surface area contributed by atoms with E-state index < -0.39 is 81.5 Å². The first-order chi connectivity index (χ1) is 21.2. The number of phosphoric acid groups is 1. The Labute approximate surface area is 257 Å². The number of H-pyrrole nitrogens is 1. The van der Waals surface area contributed by atoms with E-state index in [0.29, 0.717) is 0 Å². The fourth-order valence-electron chi connectivity index (χ4n) is 4.81. The Morgan fingerprint density at radius 2 is 1.69 bits per heavy atom. The molecule has 0 bridgehead atoms. The summed E-state index contributed by atoms with van der Waals surface area (Å²) in [6.07, 6.45) is -8.34. The number of nitrogens with one attached hydrogen (secondary N) is 1. The molecule has 2 saturated heterocycles. The molecule has 10 atom stereocenters. The molecule has 3 aromatic rings. The van der Waals surface area contributed by atoms with Crippen LogP contribution in [0.1, 0.15) is 12.5 Å². The summed E-state index contributed by atoms with van der Waals surface area (Å²) in [6.45, 7) is -5.50. The van der Waals surface area contributed by atoms with Gasteiger partial charge in [-0.3, -0.25) is 23.5 Å². The molecular weight excluding hydrogens is 668 g/mol.